The van der Waals surface area contributed by atoms with Crippen LogP contribution in [0.1, 0.15) is 48.5 Å². The second kappa shape index (κ2) is 16.2. The van der Waals surface area contributed by atoms with Crippen molar-refractivity contribution in [1.29, 1.82) is 0 Å². The van der Waals surface area contributed by atoms with Crippen LogP contribution in [0, 0.1) is 0 Å². The van der Waals surface area contributed by atoms with Gasteiger partial charge in [-0.25, -0.2) is 4.39 Å². The molecule has 44 heavy (non-hydrogen) atoms. The van der Waals surface area contributed by atoms with E-state index in [2.05, 4.69) is 0 Å². The van der Waals surface area contributed by atoms with E-state index in [9.17, 15) is 33.6 Å². The van der Waals surface area contributed by atoms with Crippen molar-refractivity contribution >= 4 is 41.8 Å². The van der Waals surface area contributed by atoms with E-state index in [4.69, 9.17) is 47.4 Å². The SMILES string of the molecule is CC(=O)OC[C@H]1O[C@H](O[C@@H]2[C@H](OC(C)=O)[C@@H](OC(C)=O)C(F)O[C@@H]2COC(C)=O)[C@H](OC(C)=O)[C@@H](OC(C)=O)[C@H]1OC(C)=O. The largest absolute Gasteiger partial charge is 0.463 e. The zero-order valence-electron chi connectivity index (χ0n) is 25.0. The highest BCUT2D eigenvalue weighted by Gasteiger charge is 2.57. The predicted octanol–water partition coefficient (Wildman–Crippen LogP) is -0.424. The van der Waals surface area contributed by atoms with Crippen molar-refractivity contribution in [1.82, 2.24) is 0 Å². The van der Waals surface area contributed by atoms with Crippen molar-refractivity contribution in [2.75, 3.05) is 13.2 Å². The molecule has 17 nitrogen and oxygen atoms in total. The quantitative estimate of drug-likeness (QED) is 0.207. The summed E-state index contributed by atoms with van der Waals surface area (Å²) < 4.78 is 68.6. The molecule has 0 aromatic heterocycles. The van der Waals surface area contributed by atoms with E-state index in [1.54, 1.807) is 0 Å². The zero-order valence-corrected chi connectivity index (χ0v) is 25.0. The van der Waals surface area contributed by atoms with Gasteiger partial charge in [0.1, 0.15) is 31.5 Å². The Bertz CT molecular complexity index is 1090. The van der Waals surface area contributed by atoms with Crippen LogP contribution in [0.4, 0.5) is 4.39 Å². The monoisotopic (exact) mass is 638 g/mol. The fourth-order valence-electron chi connectivity index (χ4n) is 4.46. The number of carbonyl (C=O) groups excluding carboxylic acids is 7. The molecule has 0 bridgehead atoms. The van der Waals surface area contributed by atoms with Crippen molar-refractivity contribution in [3.8, 4) is 0 Å². The number of ether oxygens (including phenoxy) is 10. The van der Waals surface area contributed by atoms with Crippen LogP contribution in [0.5, 0.6) is 0 Å². The van der Waals surface area contributed by atoms with Crippen molar-refractivity contribution in [3.05, 3.63) is 0 Å². The van der Waals surface area contributed by atoms with Crippen LogP contribution in [0.3, 0.4) is 0 Å². The molecule has 0 aliphatic carbocycles. The first-order valence-electron chi connectivity index (χ1n) is 13.2. The van der Waals surface area contributed by atoms with Crippen LogP contribution in [0.2, 0.25) is 0 Å². The van der Waals surface area contributed by atoms with Crippen molar-refractivity contribution < 1.29 is 85.3 Å². The van der Waals surface area contributed by atoms with Gasteiger partial charge in [0.05, 0.1) is 0 Å². The first-order valence-corrected chi connectivity index (χ1v) is 13.2. The third kappa shape index (κ3) is 10.7. The molecule has 2 fully saturated rings. The summed E-state index contributed by atoms with van der Waals surface area (Å²) in [4.78, 5) is 83.3. The summed E-state index contributed by atoms with van der Waals surface area (Å²) >= 11 is 0. The van der Waals surface area contributed by atoms with Crippen molar-refractivity contribution in [2.24, 2.45) is 0 Å². The highest BCUT2D eigenvalue weighted by atomic mass is 19.1. The van der Waals surface area contributed by atoms with Gasteiger partial charge in [-0.2, -0.15) is 0 Å². The Kier molecular flexibility index (Phi) is 13.4. The number of esters is 7. The van der Waals surface area contributed by atoms with E-state index in [0.29, 0.717) is 0 Å². The van der Waals surface area contributed by atoms with E-state index in [-0.39, 0.29) is 0 Å². The molecule has 248 valence electrons. The number of alkyl halides is 1. The fourth-order valence-corrected chi connectivity index (χ4v) is 4.46. The minimum absolute atomic E-state index is 0.592. The Labute approximate surface area is 250 Å². The van der Waals surface area contributed by atoms with Crippen LogP contribution in [0.15, 0.2) is 0 Å². The molecule has 18 heteroatoms. The maximum Gasteiger partial charge on any atom is 0.303 e. The molecule has 2 aliphatic heterocycles. The van der Waals surface area contributed by atoms with Crippen molar-refractivity contribution in [3.63, 3.8) is 0 Å². The molecular formula is C26H35FO17. The van der Waals surface area contributed by atoms with Gasteiger partial charge >= 0.3 is 41.8 Å². The average molecular weight is 639 g/mol. The van der Waals surface area contributed by atoms with E-state index >= 15 is 4.39 Å². The van der Waals surface area contributed by atoms with Crippen LogP contribution in [-0.4, -0.2) is 116 Å². The summed E-state index contributed by atoms with van der Waals surface area (Å²) in [5, 5.41) is 0. The molecule has 0 spiro atoms. The fraction of sp³-hybridized carbons (Fsp3) is 0.731. The second-order valence-electron chi connectivity index (χ2n) is 9.64. The number of rotatable bonds is 11. The van der Waals surface area contributed by atoms with Gasteiger partial charge in [0.2, 0.25) is 6.36 Å². The maximum atomic E-state index is 15.2. The lowest BCUT2D eigenvalue weighted by Crippen LogP contribution is -2.66. The van der Waals surface area contributed by atoms with E-state index < -0.39 is 116 Å². The van der Waals surface area contributed by atoms with Gasteiger partial charge in [0, 0.05) is 48.5 Å². The molecule has 2 heterocycles. The normalized spacial score (nSPS) is 31.5. The van der Waals surface area contributed by atoms with E-state index in [1.807, 2.05) is 0 Å². The Morgan fingerprint density at radius 2 is 0.841 bits per heavy atom. The zero-order chi connectivity index (χ0) is 33.3. The molecule has 0 aromatic carbocycles. The van der Waals surface area contributed by atoms with Gasteiger partial charge in [-0.1, -0.05) is 0 Å². The Morgan fingerprint density at radius 3 is 1.27 bits per heavy atom. The average Bonchev–Trinajstić information content (AvgIpc) is 2.87. The molecule has 0 saturated carbocycles. The number of carbonyl (C=O) groups is 7. The van der Waals surface area contributed by atoms with Gasteiger partial charge in [0.15, 0.2) is 36.8 Å². The maximum absolute atomic E-state index is 15.2. The van der Waals surface area contributed by atoms with Gasteiger partial charge < -0.3 is 47.4 Å². The van der Waals surface area contributed by atoms with Gasteiger partial charge in [-0.3, -0.25) is 33.6 Å². The second-order valence-corrected chi connectivity index (χ2v) is 9.64. The van der Waals surface area contributed by atoms with Crippen LogP contribution >= 0.6 is 0 Å². The third-order valence-corrected chi connectivity index (χ3v) is 5.87. The molecule has 0 radical (unpaired) electrons. The Balaban J connectivity index is 2.66. The molecule has 10 atom stereocenters. The molecular weight excluding hydrogens is 603 g/mol. The van der Waals surface area contributed by atoms with Crippen LogP contribution < -0.4 is 0 Å². The van der Waals surface area contributed by atoms with Crippen LogP contribution in [-0.2, 0) is 80.9 Å². The van der Waals surface area contributed by atoms with E-state index in [0.717, 1.165) is 48.5 Å². The summed E-state index contributed by atoms with van der Waals surface area (Å²) in [7, 11) is 0. The molecule has 0 amide bonds. The summed E-state index contributed by atoms with van der Waals surface area (Å²) in [6, 6.07) is 0. The van der Waals surface area contributed by atoms with Crippen molar-refractivity contribution in [2.45, 2.75) is 110 Å². The highest BCUT2D eigenvalue weighted by molar-refractivity contribution is 5.69. The highest BCUT2D eigenvalue weighted by Crippen LogP contribution is 2.35. The molecule has 2 saturated heterocycles. The minimum Gasteiger partial charge on any atom is -0.463 e. The van der Waals surface area contributed by atoms with Gasteiger partial charge in [-0.05, 0) is 0 Å². The lowest BCUT2D eigenvalue weighted by molar-refractivity contribution is -0.351. The minimum atomic E-state index is -2.40. The predicted molar refractivity (Wildman–Crippen MR) is 134 cm³/mol. The number of hydrogen-bond donors (Lipinski definition) is 0. The van der Waals surface area contributed by atoms with Crippen LogP contribution in [0.25, 0.3) is 0 Å². The summed E-state index contributed by atoms with van der Waals surface area (Å²) in [5.74, 6) is -6.27. The number of hydrogen-bond acceptors (Lipinski definition) is 17. The lowest BCUT2D eigenvalue weighted by atomic mass is 9.96. The topological polar surface area (TPSA) is 212 Å². The standard InChI is InChI=1S/C26H35FO17/c1-10(28)35-8-17-20(21(38-13(4)31)23(25(27)42-17)40-15(6)33)44-26-24(41-16(7)34)22(39-14(5)32)19(37-12(3)30)18(43-26)9-36-11(2)29/h17-26H,8-9H2,1-7H3/t17-,18-,19+,20+,21+,22+,23-,24-,25?,26-/m1/s1. The number of halogens is 1. The first kappa shape index (κ1) is 36.3. The summed E-state index contributed by atoms with van der Waals surface area (Å²) in [5.41, 5.74) is 0. The summed E-state index contributed by atoms with van der Waals surface area (Å²) in [6.07, 6.45) is -17.5. The van der Waals surface area contributed by atoms with Gasteiger partial charge in [0.25, 0.3) is 0 Å². The molecule has 2 rings (SSSR count). The third-order valence-electron chi connectivity index (χ3n) is 5.87. The molecule has 0 aromatic rings. The van der Waals surface area contributed by atoms with Gasteiger partial charge in [-0.15, -0.1) is 0 Å². The lowest BCUT2D eigenvalue weighted by Gasteiger charge is -2.47. The Morgan fingerprint density at radius 1 is 0.477 bits per heavy atom. The first-order chi connectivity index (χ1) is 20.5. The summed E-state index contributed by atoms with van der Waals surface area (Å²) in [6.45, 7) is 5.83. The van der Waals surface area contributed by atoms with E-state index in [1.165, 1.54) is 0 Å². The molecule has 1 unspecified atom stereocenters. The smallest absolute Gasteiger partial charge is 0.303 e. The Hall–Kier alpha value is -3.90. The molecule has 2 aliphatic rings. The molecule has 0 N–H and O–H groups in total.